The fourth-order valence-electron chi connectivity index (χ4n) is 2.16. The topological polar surface area (TPSA) is 172 Å². The van der Waals surface area contributed by atoms with Gasteiger partial charge in [0, 0.05) is 13.1 Å². The average Bonchev–Trinajstić information content (AvgIpc) is 2.64. The molecule has 0 radical (unpaired) electrons. The summed E-state index contributed by atoms with van der Waals surface area (Å²) in [5.74, 6) is -1.37. The lowest BCUT2D eigenvalue weighted by Gasteiger charge is -2.15. The van der Waals surface area contributed by atoms with Gasteiger partial charge in [-0.25, -0.2) is 9.80 Å². The van der Waals surface area contributed by atoms with E-state index in [1.54, 1.807) is 0 Å². The van der Waals surface area contributed by atoms with E-state index in [0.717, 1.165) is 29.3 Å². The number of nitro benzene ring substituents is 1. The lowest BCUT2D eigenvalue weighted by atomic mass is 10.2. The first-order valence-corrected chi connectivity index (χ1v) is 8.81. The van der Waals surface area contributed by atoms with E-state index in [-0.39, 0.29) is 22.8 Å². The molecule has 2 rings (SSSR count). The summed E-state index contributed by atoms with van der Waals surface area (Å²) < 4.78 is 36.5. The Morgan fingerprint density at radius 2 is 1.93 bits per heavy atom. The molecule has 12 nitrogen and oxygen atoms in total. The molecule has 28 heavy (non-hydrogen) atoms. The van der Waals surface area contributed by atoms with Crippen molar-refractivity contribution in [3.05, 3.63) is 52.1 Å². The summed E-state index contributed by atoms with van der Waals surface area (Å²) in [6.07, 6.45) is 0. The van der Waals surface area contributed by atoms with Crippen molar-refractivity contribution in [1.82, 2.24) is 0 Å². The number of hydrogen-bond donors (Lipinski definition) is 2. The first-order valence-electron chi connectivity index (χ1n) is 7.37. The number of carboxylic acid groups (broad SMARTS) is 1. The standard InChI is InChI=1S/C15H14N4O8S/c1-18(13-6-4-10(28(24,25)26)8-11(13)15(20)21)17-16-12-5-3-9(19(22)23)7-14(12)27-2/h3-8H,1-2H3,(H,20,21)(H,24,25,26). The number of hydrogen-bond acceptors (Lipinski definition) is 8. The van der Waals surface area contributed by atoms with Crippen molar-refractivity contribution >= 4 is 33.1 Å². The molecule has 0 atom stereocenters. The van der Waals surface area contributed by atoms with Crippen LogP contribution < -0.4 is 9.75 Å². The van der Waals surface area contributed by atoms with Gasteiger partial charge in [-0.1, -0.05) is 5.22 Å². The third-order valence-electron chi connectivity index (χ3n) is 3.51. The summed E-state index contributed by atoms with van der Waals surface area (Å²) in [5.41, 5.74) is -0.513. The second-order valence-corrected chi connectivity index (χ2v) is 6.71. The van der Waals surface area contributed by atoms with Crippen molar-refractivity contribution < 1.29 is 32.5 Å². The summed E-state index contributed by atoms with van der Waals surface area (Å²) in [7, 11) is -1.94. The highest BCUT2D eigenvalue weighted by Crippen LogP contribution is 2.32. The lowest BCUT2D eigenvalue weighted by Crippen LogP contribution is -2.14. The monoisotopic (exact) mass is 410 g/mol. The van der Waals surface area contributed by atoms with Crippen LogP contribution in [0.15, 0.2) is 51.6 Å². The van der Waals surface area contributed by atoms with E-state index >= 15 is 0 Å². The van der Waals surface area contributed by atoms with Crippen LogP contribution in [0.4, 0.5) is 17.1 Å². The second-order valence-electron chi connectivity index (χ2n) is 5.29. The molecule has 0 aliphatic heterocycles. The number of rotatable bonds is 7. The molecular formula is C15H14N4O8S. The van der Waals surface area contributed by atoms with Gasteiger partial charge in [0.2, 0.25) is 0 Å². The number of carbonyl (C=O) groups is 1. The molecule has 0 heterocycles. The number of anilines is 1. The summed E-state index contributed by atoms with van der Waals surface area (Å²) >= 11 is 0. The van der Waals surface area contributed by atoms with Crippen LogP contribution in [-0.2, 0) is 10.1 Å². The number of aromatic carboxylic acids is 1. The van der Waals surface area contributed by atoms with Crippen LogP contribution in [0, 0.1) is 10.1 Å². The van der Waals surface area contributed by atoms with Crippen LogP contribution in [0.2, 0.25) is 0 Å². The first kappa shape index (κ1) is 20.7. The second kappa shape index (κ2) is 7.98. The Kier molecular flexibility index (Phi) is 5.90. The molecule has 2 aromatic rings. The molecule has 0 saturated heterocycles. The predicted molar refractivity (Wildman–Crippen MR) is 95.8 cm³/mol. The average molecular weight is 410 g/mol. The minimum atomic E-state index is -4.58. The number of nitrogens with zero attached hydrogens (tertiary/aromatic N) is 4. The van der Waals surface area contributed by atoms with Gasteiger partial charge in [0.1, 0.15) is 5.69 Å². The molecule has 0 bridgehead atoms. The van der Waals surface area contributed by atoms with Gasteiger partial charge >= 0.3 is 5.97 Å². The van der Waals surface area contributed by atoms with Gasteiger partial charge in [-0.3, -0.25) is 14.7 Å². The molecule has 0 saturated carbocycles. The van der Waals surface area contributed by atoms with Gasteiger partial charge in [0.05, 0.1) is 34.2 Å². The van der Waals surface area contributed by atoms with Crippen molar-refractivity contribution in [1.29, 1.82) is 0 Å². The third-order valence-corrected chi connectivity index (χ3v) is 4.36. The maximum atomic E-state index is 11.4. The van der Waals surface area contributed by atoms with E-state index in [4.69, 9.17) is 9.29 Å². The third kappa shape index (κ3) is 4.57. The first-order chi connectivity index (χ1) is 13.0. The highest BCUT2D eigenvalue weighted by Gasteiger charge is 2.19. The van der Waals surface area contributed by atoms with Crippen molar-refractivity contribution in [2.75, 3.05) is 19.2 Å². The summed E-state index contributed by atoms with van der Waals surface area (Å²) in [4.78, 5) is 21.0. The van der Waals surface area contributed by atoms with Gasteiger partial charge in [-0.15, -0.1) is 5.11 Å². The minimum Gasteiger partial charge on any atom is -0.494 e. The van der Waals surface area contributed by atoms with Gasteiger partial charge in [0.25, 0.3) is 15.8 Å². The molecule has 0 aromatic heterocycles. The van der Waals surface area contributed by atoms with Gasteiger partial charge in [0.15, 0.2) is 5.75 Å². The van der Waals surface area contributed by atoms with Crippen LogP contribution >= 0.6 is 0 Å². The quantitative estimate of drug-likeness (QED) is 0.301. The maximum Gasteiger partial charge on any atom is 0.337 e. The summed E-state index contributed by atoms with van der Waals surface area (Å²) in [5, 5.41) is 28.8. The smallest absolute Gasteiger partial charge is 0.337 e. The summed E-state index contributed by atoms with van der Waals surface area (Å²) in [6, 6.07) is 6.58. The van der Waals surface area contributed by atoms with E-state index in [2.05, 4.69) is 10.3 Å². The van der Waals surface area contributed by atoms with E-state index in [0.29, 0.717) is 0 Å². The molecule has 2 N–H and O–H groups in total. The Bertz CT molecular complexity index is 1070. The molecule has 148 valence electrons. The fourth-order valence-corrected chi connectivity index (χ4v) is 2.66. The number of methoxy groups -OCH3 is 1. The summed E-state index contributed by atoms with van der Waals surface area (Å²) in [6.45, 7) is 0. The molecule has 0 aliphatic rings. The Balaban J connectivity index is 2.41. The van der Waals surface area contributed by atoms with Crippen molar-refractivity contribution in [2.24, 2.45) is 10.3 Å². The Morgan fingerprint density at radius 3 is 2.46 bits per heavy atom. The van der Waals surface area contributed by atoms with E-state index in [1.807, 2.05) is 0 Å². The van der Waals surface area contributed by atoms with Gasteiger partial charge in [-0.2, -0.15) is 8.42 Å². The minimum absolute atomic E-state index is 0.00970. The van der Waals surface area contributed by atoms with E-state index < -0.39 is 31.5 Å². The van der Waals surface area contributed by atoms with Crippen molar-refractivity contribution in [2.45, 2.75) is 4.90 Å². The number of non-ortho nitro benzene ring substituents is 1. The van der Waals surface area contributed by atoms with Gasteiger partial charge in [-0.05, 0) is 24.3 Å². The van der Waals surface area contributed by atoms with Crippen LogP contribution in [0.25, 0.3) is 0 Å². The molecule has 0 aliphatic carbocycles. The molecule has 0 fully saturated rings. The molecule has 0 amide bonds. The van der Waals surface area contributed by atoms with Crippen molar-refractivity contribution in [3.8, 4) is 5.75 Å². The Morgan fingerprint density at radius 1 is 1.25 bits per heavy atom. The largest absolute Gasteiger partial charge is 0.494 e. The molecular weight excluding hydrogens is 396 g/mol. The Hall–Kier alpha value is -3.58. The highest BCUT2D eigenvalue weighted by atomic mass is 32.2. The predicted octanol–water partition coefficient (Wildman–Crippen LogP) is 2.68. The van der Waals surface area contributed by atoms with Crippen LogP contribution in [0.5, 0.6) is 5.75 Å². The van der Waals surface area contributed by atoms with Gasteiger partial charge < -0.3 is 9.84 Å². The maximum absolute atomic E-state index is 11.4. The molecule has 0 unspecified atom stereocenters. The van der Waals surface area contributed by atoms with E-state index in [1.165, 1.54) is 26.3 Å². The molecule has 13 heteroatoms. The van der Waals surface area contributed by atoms with Crippen LogP contribution in [0.1, 0.15) is 10.4 Å². The molecule has 0 spiro atoms. The normalized spacial score (nSPS) is 11.4. The zero-order chi connectivity index (χ0) is 21.1. The fraction of sp³-hybridized carbons (Fsp3) is 0.133. The SMILES string of the molecule is COc1cc([N+](=O)[O-])ccc1N=NN(C)c1ccc(S(=O)(=O)O)cc1C(=O)O. The van der Waals surface area contributed by atoms with Crippen LogP contribution in [-0.4, -0.2) is 43.1 Å². The Labute approximate surface area is 158 Å². The van der Waals surface area contributed by atoms with Crippen molar-refractivity contribution in [3.63, 3.8) is 0 Å². The number of benzene rings is 2. The highest BCUT2D eigenvalue weighted by molar-refractivity contribution is 7.85. The zero-order valence-corrected chi connectivity index (χ0v) is 15.3. The zero-order valence-electron chi connectivity index (χ0n) is 14.5. The van der Waals surface area contributed by atoms with Crippen LogP contribution in [0.3, 0.4) is 0 Å². The number of nitro groups is 1. The van der Waals surface area contributed by atoms with E-state index in [9.17, 15) is 28.4 Å². The number of carboxylic acids is 1. The molecule has 2 aromatic carbocycles. The number of ether oxygens (including phenoxy) is 1. The lowest BCUT2D eigenvalue weighted by molar-refractivity contribution is -0.384.